The lowest BCUT2D eigenvalue weighted by molar-refractivity contribution is -0.135. The number of halogens is 1. The van der Waals surface area contributed by atoms with Crippen molar-refractivity contribution in [2.45, 2.75) is 13.8 Å². The average molecular weight is 429 g/mol. The van der Waals surface area contributed by atoms with Crippen molar-refractivity contribution in [1.29, 1.82) is 0 Å². The summed E-state index contributed by atoms with van der Waals surface area (Å²) < 4.78 is 0. The second kappa shape index (κ2) is 10.2. The summed E-state index contributed by atoms with van der Waals surface area (Å²) in [6, 6.07) is 12.2. The number of nitrogens with two attached hydrogens (primary N) is 1. The van der Waals surface area contributed by atoms with E-state index in [1.165, 1.54) is 0 Å². The van der Waals surface area contributed by atoms with Crippen LogP contribution >= 0.6 is 11.6 Å². The molecule has 0 aliphatic carbocycles. The Bertz CT molecular complexity index is 1120. The number of fused-ring (bicyclic) bond motifs is 1. The molecule has 0 unspecified atom stereocenters. The number of amides is 1. The van der Waals surface area contributed by atoms with Crippen molar-refractivity contribution in [3.05, 3.63) is 53.2 Å². The number of benzene rings is 2. The van der Waals surface area contributed by atoms with Crippen LogP contribution in [0.15, 0.2) is 47.5 Å². The number of nitrogens with zero attached hydrogens (tertiary/aromatic N) is 2. The summed E-state index contributed by atoms with van der Waals surface area (Å²) >= 11 is 6.09. The average Bonchev–Trinajstić information content (AvgIpc) is 2.75. The zero-order valence-electron chi connectivity index (χ0n) is 16.4. The van der Waals surface area contributed by atoms with Gasteiger partial charge < -0.3 is 21.3 Å². The van der Waals surface area contributed by atoms with E-state index in [1.807, 2.05) is 19.9 Å². The van der Waals surface area contributed by atoms with Gasteiger partial charge in [-0.15, -0.1) is 0 Å². The van der Waals surface area contributed by atoms with E-state index in [-0.39, 0.29) is 11.5 Å². The summed E-state index contributed by atoms with van der Waals surface area (Å²) in [5, 5.41) is 22.8. The third-order valence-electron chi connectivity index (χ3n) is 3.93. The zero-order chi connectivity index (χ0) is 22.3. The first kappa shape index (κ1) is 22.6. The van der Waals surface area contributed by atoms with Crippen LogP contribution < -0.4 is 11.1 Å². The Labute approximate surface area is 178 Å². The molecule has 0 atom stereocenters. The number of aliphatic imine (C=N–C) groups is 1. The van der Waals surface area contributed by atoms with E-state index in [1.54, 1.807) is 36.4 Å². The van der Waals surface area contributed by atoms with E-state index < -0.39 is 24.2 Å². The monoisotopic (exact) mass is 428 g/mol. The number of rotatable bonds is 5. The van der Waals surface area contributed by atoms with Crippen molar-refractivity contribution in [3.63, 3.8) is 0 Å². The van der Waals surface area contributed by atoms with E-state index in [9.17, 15) is 14.7 Å². The maximum Gasteiger partial charge on any atom is 0.322 e. The van der Waals surface area contributed by atoms with Crippen LogP contribution in [0.1, 0.15) is 24.3 Å². The molecule has 1 amide bonds. The second-order valence-electron chi connectivity index (χ2n) is 5.73. The summed E-state index contributed by atoms with van der Waals surface area (Å²) in [5.74, 6) is -2.36. The maximum absolute atomic E-state index is 12.3. The van der Waals surface area contributed by atoms with Crippen molar-refractivity contribution < 1.29 is 19.8 Å². The van der Waals surface area contributed by atoms with E-state index >= 15 is 0 Å². The molecule has 156 valence electrons. The first-order valence-corrected chi connectivity index (χ1v) is 9.46. The third-order valence-corrected chi connectivity index (χ3v) is 4.17. The Morgan fingerprint density at radius 1 is 1.23 bits per heavy atom. The van der Waals surface area contributed by atoms with Crippen molar-refractivity contribution in [3.8, 4) is 16.9 Å². The molecule has 3 rings (SSSR count). The van der Waals surface area contributed by atoms with Crippen molar-refractivity contribution in [2.75, 3.05) is 6.54 Å². The van der Waals surface area contributed by atoms with Crippen molar-refractivity contribution in [1.82, 2.24) is 10.3 Å². The van der Waals surface area contributed by atoms with Gasteiger partial charge in [-0.05, 0) is 23.3 Å². The number of carboxylic acid groups (broad SMARTS) is 1. The smallest absolute Gasteiger partial charge is 0.322 e. The standard InChI is InChI=1S/C19H15ClN4O4.C2H6/c20-11-4-1-3-10(7-11)12-5-2-6-13-15(12)18(23-9-21)24-16(17(13)27)19(28)22-8-14(25)26;1-2/h1-7,9,27H,8H2,(H,22,28)(H,25,26)(H2,21,23,24);1-2H3. The van der Waals surface area contributed by atoms with Crippen LogP contribution in [0.4, 0.5) is 5.82 Å². The van der Waals surface area contributed by atoms with Gasteiger partial charge in [0.05, 0.1) is 6.34 Å². The molecule has 0 spiro atoms. The van der Waals surface area contributed by atoms with Crippen LogP contribution in [0, 0.1) is 0 Å². The van der Waals surface area contributed by atoms with Gasteiger partial charge in [0.15, 0.2) is 17.3 Å². The Kier molecular flexibility index (Phi) is 7.71. The van der Waals surface area contributed by atoms with Crippen LogP contribution in [0.2, 0.25) is 5.02 Å². The van der Waals surface area contributed by atoms with Crippen molar-refractivity contribution in [2.24, 2.45) is 10.7 Å². The molecule has 0 aliphatic rings. The molecule has 2 aromatic carbocycles. The molecule has 0 aliphatic heterocycles. The van der Waals surface area contributed by atoms with Crippen LogP contribution in [0.3, 0.4) is 0 Å². The van der Waals surface area contributed by atoms with E-state index in [2.05, 4.69) is 15.3 Å². The van der Waals surface area contributed by atoms with E-state index in [0.29, 0.717) is 21.4 Å². The van der Waals surface area contributed by atoms with E-state index in [0.717, 1.165) is 11.9 Å². The largest absolute Gasteiger partial charge is 0.505 e. The number of hydrogen-bond acceptors (Lipinski definition) is 5. The molecule has 1 aromatic heterocycles. The number of carbonyl (C=O) groups is 2. The molecule has 0 saturated carbocycles. The maximum atomic E-state index is 12.3. The fraction of sp³-hybridized carbons (Fsp3) is 0.143. The van der Waals surface area contributed by atoms with Gasteiger partial charge in [0, 0.05) is 15.8 Å². The molecule has 3 aromatic rings. The lowest BCUT2D eigenvalue weighted by Crippen LogP contribution is -2.30. The van der Waals surface area contributed by atoms with Gasteiger partial charge in [0.2, 0.25) is 0 Å². The fourth-order valence-corrected chi connectivity index (χ4v) is 2.98. The molecule has 8 nitrogen and oxygen atoms in total. The third kappa shape index (κ3) is 4.84. The number of carbonyl (C=O) groups excluding carboxylic acids is 1. The highest BCUT2D eigenvalue weighted by molar-refractivity contribution is 6.31. The quantitative estimate of drug-likeness (QED) is 0.361. The summed E-state index contributed by atoms with van der Waals surface area (Å²) in [6.45, 7) is 3.38. The molecule has 0 saturated heterocycles. The first-order chi connectivity index (χ1) is 14.4. The Morgan fingerprint density at radius 2 is 1.93 bits per heavy atom. The SMILES string of the molecule is CC.NC=Nc1nc(C(=O)NCC(=O)O)c(O)c2cccc(-c3cccc(Cl)c3)c12. The Balaban J connectivity index is 0.00000155. The van der Waals surface area contributed by atoms with Gasteiger partial charge in [-0.3, -0.25) is 9.59 Å². The number of carboxylic acids is 1. The highest BCUT2D eigenvalue weighted by atomic mass is 35.5. The summed E-state index contributed by atoms with van der Waals surface area (Å²) in [7, 11) is 0. The fourth-order valence-electron chi connectivity index (χ4n) is 2.79. The van der Waals surface area contributed by atoms with Gasteiger partial charge in [0.1, 0.15) is 6.54 Å². The molecule has 30 heavy (non-hydrogen) atoms. The van der Waals surface area contributed by atoms with Crippen LogP contribution in [-0.4, -0.2) is 40.0 Å². The van der Waals surface area contributed by atoms with Crippen LogP contribution in [0.25, 0.3) is 21.9 Å². The minimum atomic E-state index is -1.22. The highest BCUT2D eigenvalue weighted by Gasteiger charge is 2.21. The van der Waals surface area contributed by atoms with Crippen LogP contribution in [-0.2, 0) is 4.79 Å². The summed E-state index contributed by atoms with van der Waals surface area (Å²) in [4.78, 5) is 31.1. The number of aromatic hydroxyl groups is 1. The molecule has 5 N–H and O–H groups in total. The van der Waals surface area contributed by atoms with Crippen LogP contribution in [0.5, 0.6) is 5.75 Å². The number of pyridine rings is 1. The molecule has 0 bridgehead atoms. The Hall–Kier alpha value is -3.65. The van der Waals surface area contributed by atoms with Gasteiger partial charge >= 0.3 is 5.97 Å². The molecule has 0 fully saturated rings. The summed E-state index contributed by atoms with van der Waals surface area (Å²) in [5.41, 5.74) is 6.53. The van der Waals surface area contributed by atoms with Gasteiger partial charge in [-0.1, -0.05) is 55.8 Å². The molecular formula is C21H21ClN4O4. The van der Waals surface area contributed by atoms with Gasteiger partial charge in [-0.2, -0.15) is 0 Å². The molecule has 1 heterocycles. The minimum absolute atomic E-state index is 0.103. The number of hydrogen-bond donors (Lipinski definition) is 4. The highest BCUT2D eigenvalue weighted by Crippen LogP contribution is 2.40. The summed E-state index contributed by atoms with van der Waals surface area (Å²) in [6.07, 6.45) is 1.02. The Morgan fingerprint density at radius 3 is 2.57 bits per heavy atom. The van der Waals surface area contributed by atoms with Gasteiger partial charge in [-0.25, -0.2) is 9.98 Å². The molecule has 0 radical (unpaired) electrons. The van der Waals surface area contributed by atoms with Gasteiger partial charge in [0.25, 0.3) is 5.91 Å². The second-order valence-corrected chi connectivity index (χ2v) is 6.16. The zero-order valence-corrected chi connectivity index (χ0v) is 17.1. The first-order valence-electron chi connectivity index (χ1n) is 9.08. The number of aromatic nitrogens is 1. The topological polar surface area (TPSA) is 138 Å². The molecule has 9 heteroatoms. The number of nitrogens with one attached hydrogen (secondary N) is 1. The van der Waals surface area contributed by atoms with Crippen molar-refractivity contribution >= 4 is 46.4 Å². The lowest BCUT2D eigenvalue weighted by atomic mass is 9.97. The predicted molar refractivity (Wildman–Crippen MR) is 118 cm³/mol. The lowest BCUT2D eigenvalue weighted by Gasteiger charge is -2.13. The molecular weight excluding hydrogens is 408 g/mol. The normalized spacial score (nSPS) is 10.5. The minimum Gasteiger partial charge on any atom is -0.505 e. The van der Waals surface area contributed by atoms with E-state index in [4.69, 9.17) is 22.4 Å². The number of aliphatic carboxylic acids is 1. The predicted octanol–water partition coefficient (Wildman–Crippen LogP) is 3.72.